The number of benzene rings is 3. The van der Waals surface area contributed by atoms with Crippen LogP contribution in [0.4, 0.5) is 10.5 Å². The summed E-state index contributed by atoms with van der Waals surface area (Å²) in [6, 6.07) is 23.0. The summed E-state index contributed by atoms with van der Waals surface area (Å²) in [4.78, 5) is 35.5. The van der Waals surface area contributed by atoms with Gasteiger partial charge in [-0.2, -0.15) is 0 Å². The van der Waals surface area contributed by atoms with Crippen LogP contribution in [0.25, 0.3) is 11.1 Å². The van der Waals surface area contributed by atoms with E-state index in [1.54, 1.807) is 31.2 Å². The molecule has 0 aliphatic heterocycles. The summed E-state index contributed by atoms with van der Waals surface area (Å²) < 4.78 is 5.52. The average Bonchev–Trinajstić information content (AvgIpc) is 3.17. The first-order chi connectivity index (χ1) is 16.9. The summed E-state index contributed by atoms with van der Waals surface area (Å²) in [6.07, 6.45) is -0.118. The molecule has 0 fully saturated rings. The molecule has 1 aliphatic rings. The molecular weight excluding hydrogens is 444 g/mol. The zero-order valence-corrected chi connectivity index (χ0v) is 19.5. The van der Waals surface area contributed by atoms with Crippen molar-refractivity contribution < 1.29 is 24.2 Å². The Morgan fingerprint density at radius 1 is 0.914 bits per heavy atom. The lowest BCUT2D eigenvalue weighted by molar-refractivity contribution is -0.136. The summed E-state index contributed by atoms with van der Waals surface area (Å²) in [5, 5.41) is 14.4. The van der Waals surface area contributed by atoms with Gasteiger partial charge >= 0.3 is 12.1 Å². The smallest absolute Gasteiger partial charge is 0.407 e. The molecule has 3 N–H and O–H groups in total. The fraction of sp³-hybridized carbons (Fsp3) is 0.250. The molecule has 4 rings (SSSR count). The average molecular weight is 473 g/mol. The number of ether oxygens (including phenoxy) is 1. The molecule has 0 bridgehead atoms. The standard InChI is InChI=1S/C28H28N2O5/c1-18(27(33)30-20-12-10-19(11-13-20)16-26(31)32)14-15-29-28(34)35-17-25-23-8-4-2-6-21(23)22-7-3-5-9-24(22)25/h2-13,18,25H,14-17H2,1H3,(H,29,34)(H,30,33)(H,31,32). The zero-order valence-electron chi connectivity index (χ0n) is 19.5. The maximum absolute atomic E-state index is 12.4. The molecule has 7 nitrogen and oxygen atoms in total. The van der Waals surface area contributed by atoms with Crippen LogP contribution >= 0.6 is 0 Å². The van der Waals surface area contributed by atoms with Gasteiger partial charge in [0.15, 0.2) is 0 Å². The number of carboxylic acids is 1. The van der Waals surface area contributed by atoms with Crippen LogP contribution in [0.15, 0.2) is 72.8 Å². The number of hydrogen-bond donors (Lipinski definition) is 3. The molecule has 3 aromatic rings. The van der Waals surface area contributed by atoms with Crippen molar-refractivity contribution in [2.75, 3.05) is 18.5 Å². The number of alkyl carbamates (subject to hydrolysis) is 1. The van der Waals surface area contributed by atoms with E-state index in [4.69, 9.17) is 9.84 Å². The van der Waals surface area contributed by atoms with Gasteiger partial charge in [0.2, 0.25) is 5.91 Å². The Hall–Kier alpha value is -4.13. The first-order valence-electron chi connectivity index (χ1n) is 11.6. The lowest BCUT2D eigenvalue weighted by Crippen LogP contribution is -2.30. The number of rotatable bonds is 9. The van der Waals surface area contributed by atoms with Gasteiger partial charge in [0.25, 0.3) is 0 Å². The predicted octanol–water partition coefficient (Wildman–Crippen LogP) is 4.82. The van der Waals surface area contributed by atoms with E-state index in [2.05, 4.69) is 34.9 Å². The number of carbonyl (C=O) groups excluding carboxylic acids is 2. The molecule has 0 aromatic heterocycles. The third kappa shape index (κ3) is 5.87. The number of fused-ring (bicyclic) bond motifs is 3. The highest BCUT2D eigenvalue weighted by Crippen LogP contribution is 2.44. The normalized spacial score (nSPS) is 12.8. The van der Waals surface area contributed by atoms with Crippen molar-refractivity contribution in [3.8, 4) is 11.1 Å². The molecule has 180 valence electrons. The topological polar surface area (TPSA) is 105 Å². The fourth-order valence-corrected chi connectivity index (χ4v) is 4.32. The van der Waals surface area contributed by atoms with Crippen molar-refractivity contribution in [1.29, 1.82) is 0 Å². The van der Waals surface area contributed by atoms with E-state index in [0.717, 1.165) is 11.1 Å². The Labute approximate surface area is 204 Å². The van der Waals surface area contributed by atoms with Gasteiger partial charge in [0.05, 0.1) is 6.42 Å². The molecule has 35 heavy (non-hydrogen) atoms. The molecular formula is C28H28N2O5. The fourth-order valence-electron chi connectivity index (χ4n) is 4.32. The highest BCUT2D eigenvalue weighted by atomic mass is 16.5. The summed E-state index contributed by atoms with van der Waals surface area (Å²) in [7, 11) is 0. The van der Waals surface area contributed by atoms with Gasteiger partial charge in [-0.25, -0.2) is 4.79 Å². The first-order valence-corrected chi connectivity index (χ1v) is 11.6. The van der Waals surface area contributed by atoms with E-state index < -0.39 is 12.1 Å². The van der Waals surface area contributed by atoms with Gasteiger partial charge in [-0.05, 0) is 46.4 Å². The Morgan fingerprint density at radius 3 is 2.11 bits per heavy atom. The summed E-state index contributed by atoms with van der Waals surface area (Å²) in [5.41, 5.74) is 5.92. The van der Waals surface area contributed by atoms with Gasteiger partial charge < -0.3 is 20.5 Å². The van der Waals surface area contributed by atoms with Crippen LogP contribution in [0.5, 0.6) is 0 Å². The molecule has 1 aliphatic carbocycles. The summed E-state index contributed by atoms with van der Waals surface area (Å²) in [6.45, 7) is 2.34. The number of hydrogen-bond acceptors (Lipinski definition) is 4. The number of aliphatic carboxylic acids is 1. The van der Waals surface area contributed by atoms with Crippen molar-refractivity contribution in [1.82, 2.24) is 5.32 Å². The van der Waals surface area contributed by atoms with Crippen molar-refractivity contribution in [2.24, 2.45) is 5.92 Å². The number of carboxylic acid groups (broad SMARTS) is 1. The monoisotopic (exact) mass is 472 g/mol. The quantitative estimate of drug-likeness (QED) is 0.414. The van der Waals surface area contributed by atoms with E-state index in [1.165, 1.54) is 11.1 Å². The van der Waals surface area contributed by atoms with E-state index in [1.807, 2.05) is 24.3 Å². The Balaban J connectivity index is 1.22. The molecule has 2 amide bonds. The predicted molar refractivity (Wildman–Crippen MR) is 133 cm³/mol. The van der Waals surface area contributed by atoms with Crippen molar-refractivity contribution >= 4 is 23.7 Å². The second kappa shape index (κ2) is 10.9. The largest absolute Gasteiger partial charge is 0.481 e. The highest BCUT2D eigenvalue weighted by Gasteiger charge is 2.29. The van der Waals surface area contributed by atoms with E-state index in [-0.39, 0.29) is 30.8 Å². The molecule has 7 heteroatoms. The molecule has 0 radical (unpaired) electrons. The second-order valence-electron chi connectivity index (χ2n) is 8.70. The highest BCUT2D eigenvalue weighted by molar-refractivity contribution is 5.92. The first kappa shape index (κ1) is 24.0. The van der Waals surface area contributed by atoms with Crippen LogP contribution in [0.1, 0.15) is 36.0 Å². The second-order valence-corrected chi connectivity index (χ2v) is 8.70. The number of amides is 2. The van der Waals surface area contributed by atoms with Gasteiger partial charge in [0, 0.05) is 24.1 Å². The van der Waals surface area contributed by atoms with Crippen LogP contribution in [0.2, 0.25) is 0 Å². The molecule has 0 saturated heterocycles. The van der Waals surface area contributed by atoms with Crippen LogP contribution in [0.3, 0.4) is 0 Å². The number of anilines is 1. The molecule has 0 saturated carbocycles. The lowest BCUT2D eigenvalue weighted by atomic mass is 9.98. The maximum atomic E-state index is 12.4. The third-order valence-electron chi connectivity index (χ3n) is 6.21. The van der Waals surface area contributed by atoms with Gasteiger partial charge in [0.1, 0.15) is 6.61 Å². The van der Waals surface area contributed by atoms with Crippen LogP contribution < -0.4 is 10.6 Å². The Bertz CT molecular complexity index is 1180. The van der Waals surface area contributed by atoms with E-state index in [0.29, 0.717) is 24.2 Å². The third-order valence-corrected chi connectivity index (χ3v) is 6.21. The van der Waals surface area contributed by atoms with Crippen molar-refractivity contribution in [3.05, 3.63) is 89.5 Å². The lowest BCUT2D eigenvalue weighted by Gasteiger charge is -2.15. The van der Waals surface area contributed by atoms with Gasteiger partial charge in [-0.3, -0.25) is 9.59 Å². The molecule has 1 atom stereocenters. The summed E-state index contributed by atoms with van der Waals surface area (Å²) >= 11 is 0. The molecule has 3 aromatic carbocycles. The van der Waals surface area contributed by atoms with Crippen LogP contribution in [-0.4, -0.2) is 36.2 Å². The number of nitrogens with one attached hydrogen (secondary N) is 2. The van der Waals surface area contributed by atoms with Crippen molar-refractivity contribution in [2.45, 2.75) is 25.7 Å². The van der Waals surface area contributed by atoms with Gasteiger partial charge in [-0.1, -0.05) is 67.6 Å². The Kier molecular flexibility index (Phi) is 7.45. The molecule has 1 unspecified atom stereocenters. The Morgan fingerprint density at radius 2 is 1.51 bits per heavy atom. The van der Waals surface area contributed by atoms with Gasteiger partial charge in [-0.15, -0.1) is 0 Å². The SMILES string of the molecule is CC(CCNC(=O)OCC1c2ccccc2-c2ccccc21)C(=O)Nc1ccc(CC(=O)O)cc1. The van der Waals surface area contributed by atoms with Crippen LogP contribution in [0, 0.1) is 5.92 Å². The molecule has 0 heterocycles. The van der Waals surface area contributed by atoms with Crippen LogP contribution in [-0.2, 0) is 20.7 Å². The number of carbonyl (C=O) groups is 3. The maximum Gasteiger partial charge on any atom is 0.407 e. The van der Waals surface area contributed by atoms with E-state index in [9.17, 15) is 14.4 Å². The minimum absolute atomic E-state index is 0.000242. The zero-order chi connectivity index (χ0) is 24.8. The van der Waals surface area contributed by atoms with E-state index >= 15 is 0 Å². The molecule has 0 spiro atoms. The minimum Gasteiger partial charge on any atom is -0.481 e. The summed E-state index contributed by atoms with van der Waals surface area (Å²) in [5.74, 6) is -1.41. The van der Waals surface area contributed by atoms with Crippen molar-refractivity contribution in [3.63, 3.8) is 0 Å². The minimum atomic E-state index is -0.903.